The summed E-state index contributed by atoms with van der Waals surface area (Å²) in [6, 6.07) is 9.77. The smallest absolute Gasteiger partial charge is 0.282 e. The SMILES string of the molecule is Cn1cccc1C(=O)NC(=O)C[NH+]1CCC[C@@H]1c1ccc2c(c1)OCCCO2. The van der Waals surface area contributed by atoms with Gasteiger partial charge in [0.1, 0.15) is 11.7 Å². The number of hydrogen-bond donors (Lipinski definition) is 2. The maximum Gasteiger partial charge on any atom is 0.282 e. The number of benzene rings is 1. The lowest BCUT2D eigenvalue weighted by Gasteiger charge is -2.22. The molecule has 1 fully saturated rings. The van der Waals surface area contributed by atoms with Gasteiger partial charge in [-0.1, -0.05) is 0 Å². The molecule has 148 valence electrons. The lowest BCUT2D eigenvalue weighted by atomic mass is 10.0. The van der Waals surface area contributed by atoms with Gasteiger partial charge in [-0.05, 0) is 30.3 Å². The van der Waals surface area contributed by atoms with Crippen molar-refractivity contribution in [3.63, 3.8) is 0 Å². The maximum absolute atomic E-state index is 12.5. The Morgan fingerprint density at radius 1 is 1.18 bits per heavy atom. The molecule has 0 bridgehead atoms. The van der Waals surface area contributed by atoms with Gasteiger partial charge in [0, 0.05) is 38.1 Å². The van der Waals surface area contributed by atoms with Crippen LogP contribution in [-0.2, 0) is 11.8 Å². The van der Waals surface area contributed by atoms with Crippen LogP contribution in [0.15, 0.2) is 36.5 Å². The van der Waals surface area contributed by atoms with E-state index in [2.05, 4.69) is 11.4 Å². The minimum atomic E-state index is -0.358. The van der Waals surface area contributed by atoms with E-state index < -0.39 is 0 Å². The Balaban J connectivity index is 1.42. The second-order valence-electron chi connectivity index (χ2n) is 7.42. The number of aryl methyl sites for hydroxylation is 1. The van der Waals surface area contributed by atoms with Crippen LogP contribution in [0.4, 0.5) is 0 Å². The highest BCUT2D eigenvalue weighted by molar-refractivity contribution is 6.04. The number of rotatable bonds is 4. The molecule has 2 aliphatic rings. The topological polar surface area (TPSA) is 74.0 Å². The molecule has 2 aliphatic heterocycles. The highest BCUT2D eigenvalue weighted by Crippen LogP contribution is 2.33. The number of nitrogens with zero attached hydrogens (tertiary/aromatic N) is 1. The largest absolute Gasteiger partial charge is 0.490 e. The minimum absolute atomic E-state index is 0.216. The highest BCUT2D eigenvalue weighted by atomic mass is 16.5. The van der Waals surface area contributed by atoms with Gasteiger partial charge in [-0.25, -0.2) is 0 Å². The lowest BCUT2D eigenvalue weighted by molar-refractivity contribution is -0.910. The Morgan fingerprint density at radius 3 is 2.79 bits per heavy atom. The van der Waals surface area contributed by atoms with Crippen molar-refractivity contribution >= 4 is 11.8 Å². The zero-order chi connectivity index (χ0) is 19.5. The third-order valence-electron chi connectivity index (χ3n) is 5.47. The normalized spacial score (nSPS) is 21.2. The molecule has 2 N–H and O–H groups in total. The molecule has 0 radical (unpaired) electrons. The molecular weight excluding hydrogens is 358 g/mol. The third kappa shape index (κ3) is 3.89. The summed E-state index contributed by atoms with van der Waals surface area (Å²) >= 11 is 0. The van der Waals surface area contributed by atoms with E-state index in [-0.39, 0.29) is 24.4 Å². The average molecular weight is 384 g/mol. The second-order valence-corrected chi connectivity index (χ2v) is 7.42. The van der Waals surface area contributed by atoms with Crippen LogP contribution in [0, 0.1) is 0 Å². The fourth-order valence-electron chi connectivity index (χ4n) is 4.06. The van der Waals surface area contributed by atoms with Crippen LogP contribution < -0.4 is 19.7 Å². The summed E-state index contributed by atoms with van der Waals surface area (Å²) in [5.41, 5.74) is 1.63. The van der Waals surface area contributed by atoms with E-state index in [1.807, 2.05) is 12.1 Å². The van der Waals surface area contributed by atoms with Crippen molar-refractivity contribution in [2.45, 2.75) is 25.3 Å². The summed E-state index contributed by atoms with van der Waals surface area (Å²) in [7, 11) is 1.78. The summed E-state index contributed by atoms with van der Waals surface area (Å²) < 4.78 is 13.2. The van der Waals surface area contributed by atoms with Gasteiger partial charge in [0.25, 0.3) is 11.8 Å². The molecule has 2 aromatic rings. The Bertz CT molecular complexity index is 876. The summed E-state index contributed by atoms with van der Waals surface area (Å²) in [5, 5.41) is 2.52. The van der Waals surface area contributed by atoms with Gasteiger partial charge in [0.05, 0.1) is 19.8 Å². The first-order chi connectivity index (χ1) is 13.6. The van der Waals surface area contributed by atoms with Gasteiger partial charge < -0.3 is 18.9 Å². The number of carbonyl (C=O) groups is 2. The fourth-order valence-corrected chi connectivity index (χ4v) is 4.06. The lowest BCUT2D eigenvalue weighted by Crippen LogP contribution is -3.11. The van der Waals surface area contributed by atoms with Crippen LogP contribution in [0.2, 0.25) is 0 Å². The summed E-state index contributed by atoms with van der Waals surface area (Å²) in [5.74, 6) is 0.960. The van der Waals surface area contributed by atoms with E-state index in [9.17, 15) is 9.59 Å². The molecule has 1 unspecified atom stereocenters. The van der Waals surface area contributed by atoms with Crippen molar-refractivity contribution < 1.29 is 24.0 Å². The molecule has 2 amide bonds. The number of fused-ring (bicyclic) bond motifs is 1. The number of imide groups is 1. The van der Waals surface area contributed by atoms with Crippen LogP contribution in [0.3, 0.4) is 0 Å². The van der Waals surface area contributed by atoms with E-state index >= 15 is 0 Å². The van der Waals surface area contributed by atoms with Gasteiger partial charge in [0.15, 0.2) is 18.0 Å². The number of aromatic nitrogens is 1. The molecule has 7 heteroatoms. The number of carbonyl (C=O) groups excluding carboxylic acids is 2. The molecule has 7 nitrogen and oxygen atoms in total. The van der Waals surface area contributed by atoms with E-state index in [0.29, 0.717) is 18.9 Å². The second kappa shape index (κ2) is 8.06. The zero-order valence-electron chi connectivity index (χ0n) is 16.1. The quantitative estimate of drug-likeness (QED) is 0.820. The zero-order valence-corrected chi connectivity index (χ0v) is 16.1. The van der Waals surface area contributed by atoms with E-state index in [1.165, 1.54) is 4.90 Å². The molecule has 1 aromatic heterocycles. The van der Waals surface area contributed by atoms with Crippen LogP contribution in [0.5, 0.6) is 11.5 Å². The standard InChI is InChI=1S/C21H25N3O4/c1-23-9-2-6-17(23)21(26)22-20(25)14-24-10-3-5-16(24)15-7-8-18-19(13-15)28-12-4-11-27-18/h2,6-9,13,16H,3-5,10-12,14H2,1H3,(H,22,25,26)/p+1/t16-/m1/s1. The van der Waals surface area contributed by atoms with Crippen molar-refractivity contribution in [2.24, 2.45) is 7.05 Å². The summed E-state index contributed by atoms with van der Waals surface area (Å²) in [6.45, 7) is 2.50. The molecule has 0 aliphatic carbocycles. The average Bonchev–Trinajstić information content (AvgIpc) is 3.24. The van der Waals surface area contributed by atoms with Crippen molar-refractivity contribution in [2.75, 3.05) is 26.3 Å². The van der Waals surface area contributed by atoms with Crippen LogP contribution >= 0.6 is 0 Å². The van der Waals surface area contributed by atoms with Crippen LogP contribution in [0.1, 0.15) is 41.4 Å². The molecule has 1 aromatic carbocycles. The van der Waals surface area contributed by atoms with Gasteiger partial charge in [-0.3, -0.25) is 14.9 Å². The van der Waals surface area contributed by atoms with Crippen molar-refractivity contribution in [3.05, 3.63) is 47.8 Å². The number of hydrogen-bond acceptors (Lipinski definition) is 4. The summed E-state index contributed by atoms with van der Waals surface area (Å²) in [6.07, 6.45) is 4.72. The van der Waals surface area contributed by atoms with E-state index in [0.717, 1.165) is 42.9 Å². The molecular formula is C21H26N3O4+. The van der Waals surface area contributed by atoms with Gasteiger partial charge >= 0.3 is 0 Å². The molecule has 1 saturated heterocycles. The Labute approximate surface area is 164 Å². The predicted octanol–water partition coefficient (Wildman–Crippen LogP) is 0.863. The highest BCUT2D eigenvalue weighted by Gasteiger charge is 2.33. The number of likely N-dealkylation sites (tertiary alicyclic amines) is 1. The Hall–Kier alpha value is -2.80. The van der Waals surface area contributed by atoms with Crippen molar-refractivity contribution in [1.82, 2.24) is 9.88 Å². The fraction of sp³-hybridized carbons (Fsp3) is 0.429. The molecule has 3 heterocycles. The number of nitrogens with one attached hydrogen (secondary N) is 2. The van der Waals surface area contributed by atoms with Crippen molar-refractivity contribution in [3.8, 4) is 11.5 Å². The van der Waals surface area contributed by atoms with Gasteiger partial charge in [0.2, 0.25) is 0 Å². The number of quaternary nitrogens is 1. The van der Waals surface area contributed by atoms with Gasteiger partial charge in [-0.2, -0.15) is 0 Å². The Morgan fingerprint density at radius 2 is 2.00 bits per heavy atom. The van der Waals surface area contributed by atoms with Crippen LogP contribution in [0.25, 0.3) is 0 Å². The number of amides is 2. The molecule has 28 heavy (non-hydrogen) atoms. The maximum atomic E-state index is 12.5. The van der Waals surface area contributed by atoms with Crippen LogP contribution in [-0.4, -0.2) is 42.7 Å². The molecule has 2 atom stereocenters. The molecule has 4 rings (SSSR count). The first kappa shape index (κ1) is 18.6. The van der Waals surface area contributed by atoms with Crippen molar-refractivity contribution in [1.29, 1.82) is 0 Å². The third-order valence-corrected chi connectivity index (χ3v) is 5.47. The first-order valence-corrected chi connectivity index (χ1v) is 9.81. The van der Waals surface area contributed by atoms with E-state index in [1.54, 1.807) is 29.9 Å². The van der Waals surface area contributed by atoms with E-state index in [4.69, 9.17) is 9.47 Å². The molecule has 0 saturated carbocycles. The predicted molar refractivity (Wildman–Crippen MR) is 103 cm³/mol. The monoisotopic (exact) mass is 384 g/mol. The molecule has 0 spiro atoms. The minimum Gasteiger partial charge on any atom is -0.490 e. The number of ether oxygens (including phenoxy) is 2. The Kier molecular flexibility index (Phi) is 5.34. The van der Waals surface area contributed by atoms with Gasteiger partial charge in [-0.15, -0.1) is 0 Å². The first-order valence-electron chi connectivity index (χ1n) is 9.81. The summed E-state index contributed by atoms with van der Waals surface area (Å²) in [4.78, 5) is 25.9.